The van der Waals surface area contributed by atoms with E-state index in [-0.39, 0.29) is 0 Å². The normalized spacial score (nSPS) is 12.8. The topological polar surface area (TPSA) is 21.2 Å². The number of hydrogen-bond acceptors (Lipinski definition) is 1. The van der Waals surface area contributed by atoms with Crippen LogP contribution >= 0.6 is 0 Å². The van der Waals surface area contributed by atoms with Crippen molar-refractivity contribution in [2.45, 2.75) is 46.5 Å². The Hall–Kier alpha value is -3.20. The fraction of sp³-hybridized carbons (Fsp3) is 0.286. The molecule has 0 aliphatic rings. The molecule has 0 fully saturated rings. The zero-order chi connectivity index (χ0) is 21.6. The third-order valence-electron chi connectivity index (χ3n) is 7.04. The van der Waals surface area contributed by atoms with E-state index in [2.05, 4.69) is 93.1 Å². The molecule has 0 aliphatic carbocycles. The summed E-state index contributed by atoms with van der Waals surface area (Å²) < 4.78 is 4.75. The minimum atomic E-state index is 0.445. The first kappa shape index (κ1) is 18.6. The van der Waals surface area contributed by atoms with Gasteiger partial charge in [-0.05, 0) is 52.6 Å². The summed E-state index contributed by atoms with van der Waals surface area (Å²) in [6.45, 7) is 11.4. The van der Waals surface area contributed by atoms with Crippen LogP contribution < -0.4 is 4.57 Å². The summed E-state index contributed by atoms with van der Waals surface area (Å²) in [6.07, 6.45) is 1.97. The Kier molecular flexibility index (Phi) is 3.69. The molecule has 0 radical (unpaired) electrons. The van der Waals surface area contributed by atoms with Gasteiger partial charge in [-0.3, -0.25) is 0 Å². The lowest BCUT2D eigenvalue weighted by molar-refractivity contribution is -0.646. The summed E-state index contributed by atoms with van der Waals surface area (Å²) in [6, 6.07) is 16.1. The highest BCUT2D eigenvalue weighted by Gasteiger charge is 2.25. The third-order valence-corrected chi connectivity index (χ3v) is 7.04. The Morgan fingerprint density at radius 2 is 1.65 bits per heavy atom. The van der Waals surface area contributed by atoms with Crippen LogP contribution in [-0.2, 0) is 7.05 Å². The van der Waals surface area contributed by atoms with Gasteiger partial charge in [0.25, 0.3) is 6.33 Å². The minimum Gasteiger partial charge on any atom is -0.307 e. The first-order chi connectivity index (χ1) is 14.9. The van der Waals surface area contributed by atoms with E-state index in [1.165, 1.54) is 60.3 Å². The summed E-state index contributed by atoms with van der Waals surface area (Å²) >= 11 is 0. The third kappa shape index (κ3) is 2.29. The van der Waals surface area contributed by atoms with Crippen molar-refractivity contribution in [2.24, 2.45) is 7.05 Å². The van der Waals surface area contributed by atoms with E-state index in [0.717, 1.165) is 5.52 Å². The zero-order valence-corrected chi connectivity index (χ0v) is 19.1. The van der Waals surface area contributed by atoms with Gasteiger partial charge in [0.2, 0.25) is 0 Å². The maximum atomic E-state index is 4.87. The van der Waals surface area contributed by atoms with Crippen molar-refractivity contribution in [1.29, 1.82) is 0 Å². The Bertz CT molecular complexity index is 1650. The molecule has 3 heteroatoms. The van der Waals surface area contributed by atoms with E-state index in [9.17, 15) is 0 Å². The summed E-state index contributed by atoms with van der Waals surface area (Å²) in [5.74, 6) is 0.893. The molecule has 0 aliphatic heterocycles. The quantitative estimate of drug-likeness (QED) is 0.177. The molecule has 6 rings (SSSR count). The van der Waals surface area contributed by atoms with E-state index in [0.29, 0.717) is 11.8 Å². The Morgan fingerprint density at radius 3 is 2.39 bits per heavy atom. The average molecular weight is 407 g/mol. The summed E-state index contributed by atoms with van der Waals surface area (Å²) in [7, 11) is 2.12. The van der Waals surface area contributed by atoms with Crippen molar-refractivity contribution in [3.63, 3.8) is 0 Å². The van der Waals surface area contributed by atoms with Crippen LogP contribution in [0.5, 0.6) is 0 Å². The molecule has 154 valence electrons. The van der Waals surface area contributed by atoms with Crippen molar-refractivity contribution >= 4 is 49.1 Å². The molecule has 0 spiro atoms. The molecule has 0 atom stereocenters. The van der Waals surface area contributed by atoms with E-state index in [1.54, 1.807) is 0 Å². The lowest BCUT2D eigenvalue weighted by Gasteiger charge is -2.16. The second-order valence-corrected chi connectivity index (χ2v) is 9.68. The van der Waals surface area contributed by atoms with Crippen molar-refractivity contribution in [1.82, 2.24) is 9.38 Å². The van der Waals surface area contributed by atoms with Crippen molar-refractivity contribution in [3.05, 3.63) is 65.5 Å². The molecule has 0 saturated carbocycles. The van der Waals surface area contributed by atoms with E-state index >= 15 is 0 Å². The van der Waals surface area contributed by atoms with Crippen molar-refractivity contribution in [2.75, 3.05) is 0 Å². The van der Waals surface area contributed by atoms with Crippen LogP contribution in [0.15, 0.2) is 48.8 Å². The predicted molar refractivity (Wildman–Crippen MR) is 130 cm³/mol. The first-order valence-electron chi connectivity index (χ1n) is 11.3. The number of aryl methyl sites for hydroxylation is 2. The number of benzene rings is 3. The number of para-hydroxylation sites is 1. The van der Waals surface area contributed by atoms with Crippen LogP contribution in [0.1, 0.15) is 56.2 Å². The second-order valence-electron chi connectivity index (χ2n) is 9.68. The number of fused-ring (bicyclic) bond motifs is 5. The molecule has 0 amide bonds. The Labute approximate surface area is 182 Å². The van der Waals surface area contributed by atoms with Gasteiger partial charge >= 0.3 is 0 Å². The standard InChI is InChI=1S/C28H28N3/c1-15(2)18-12-22-25-23(13-18)31-26-19(16(3)4)8-7-9-20(26)21-11-10-17(5)24(27(21)31)28(25)30(6)14-29-22/h7-16H,1-6H3/q+1. The number of aromatic nitrogens is 3. The van der Waals surface area contributed by atoms with Crippen LogP contribution in [-0.4, -0.2) is 9.38 Å². The molecular weight excluding hydrogens is 378 g/mol. The molecular formula is C28H28N3+. The first-order valence-corrected chi connectivity index (χ1v) is 11.3. The summed E-state index contributed by atoms with van der Waals surface area (Å²) in [4.78, 5) is 4.87. The maximum absolute atomic E-state index is 4.87. The molecule has 3 aromatic heterocycles. The van der Waals surface area contributed by atoms with Gasteiger partial charge < -0.3 is 4.40 Å². The average Bonchev–Trinajstić information content (AvgIpc) is 3.08. The van der Waals surface area contributed by atoms with Gasteiger partial charge in [0.1, 0.15) is 5.52 Å². The van der Waals surface area contributed by atoms with Crippen molar-refractivity contribution in [3.8, 4) is 0 Å². The van der Waals surface area contributed by atoms with Gasteiger partial charge in [0.15, 0.2) is 5.52 Å². The predicted octanol–water partition coefficient (Wildman–Crippen LogP) is 6.76. The van der Waals surface area contributed by atoms with E-state index in [1.807, 2.05) is 6.33 Å². The molecule has 6 aromatic rings. The van der Waals surface area contributed by atoms with Crippen LogP contribution in [0.25, 0.3) is 49.1 Å². The number of rotatable bonds is 2. The molecule has 0 N–H and O–H groups in total. The van der Waals surface area contributed by atoms with E-state index in [4.69, 9.17) is 4.98 Å². The monoisotopic (exact) mass is 406 g/mol. The molecule has 0 bridgehead atoms. The highest BCUT2D eigenvalue weighted by molar-refractivity contribution is 6.25. The van der Waals surface area contributed by atoms with Crippen LogP contribution in [0, 0.1) is 6.92 Å². The van der Waals surface area contributed by atoms with Gasteiger partial charge in [0, 0.05) is 16.2 Å². The van der Waals surface area contributed by atoms with E-state index < -0.39 is 0 Å². The molecule has 0 saturated heterocycles. The largest absolute Gasteiger partial charge is 0.307 e. The SMILES string of the molecule is Cc1ccc2c3cccc(C(C)C)c3n3c4cc(C(C)C)cc5nc[n+](C)c(c1c23)c54. The minimum absolute atomic E-state index is 0.445. The summed E-state index contributed by atoms with van der Waals surface area (Å²) in [5, 5.41) is 5.27. The van der Waals surface area contributed by atoms with Gasteiger partial charge in [-0.2, -0.15) is 0 Å². The van der Waals surface area contributed by atoms with Gasteiger partial charge in [-0.15, -0.1) is 0 Å². The highest BCUT2D eigenvalue weighted by atomic mass is 15.0. The number of hydrogen-bond donors (Lipinski definition) is 0. The van der Waals surface area contributed by atoms with Crippen LogP contribution in [0.4, 0.5) is 0 Å². The van der Waals surface area contributed by atoms with Gasteiger partial charge in [-0.25, -0.2) is 4.57 Å². The molecule has 3 heterocycles. The zero-order valence-electron chi connectivity index (χ0n) is 19.1. The number of nitrogens with zero attached hydrogens (tertiary/aromatic N) is 3. The Morgan fingerprint density at radius 1 is 0.871 bits per heavy atom. The Balaban J connectivity index is 2.08. The van der Waals surface area contributed by atoms with Crippen LogP contribution in [0.2, 0.25) is 0 Å². The molecule has 0 unspecified atom stereocenters. The second kappa shape index (κ2) is 6.16. The fourth-order valence-corrected chi connectivity index (χ4v) is 5.46. The fourth-order valence-electron chi connectivity index (χ4n) is 5.46. The van der Waals surface area contributed by atoms with Crippen LogP contribution in [0.3, 0.4) is 0 Å². The van der Waals surface area contributed by atoms with Gasteiger partial charge in [0.05, 0.1) is 29.0 Å². The smallest absolute Gasteiger partial charge is 0.287 e. The summed E-state index contributed by atoms with van der Waals surface area (Å²) in [5.41, 5.74) is 10.4. The maximum Gasteiger partial charge on any atom is 0.287 e. The molecule has 3 nitrogen and oxygen atoms in total. The molecule has 31 heavy (non-hydrogen) atoms. The number of pyridine rings is 1. The van der Waals surface area contributed by atoms with Gasteiger partial charge in [-0.1, -0.05) is 58.0 Å². The van der Waals surface area contributed by atoms with Crippen molar-refractivity contribution < 1.29 is 4.57 Å². The molecule has 3 aromatic carbocycles. The highest BCUT2D eigenvalue weighted by Crippen LogP contribution is 2.42. The lowest BCUT2D eigenvalue weighted by atomic mass is 9.97. The lowest BCUT2D eigenvalue weighted by Crippen LogP contribution is -2.30.